The Balaban J connectivity index is 1.59. The van der Waals surface area contributed by atoms with E-state index in [1.165, 1.54) is 18.0 Å². The third-order valence-electron chi connectivity index (χ3n) is 3.44. The Labute approximate surface area is 144 Å². The topological polar surface area (TPSA) is 81.2 Å². The lowest BCUT2D eigenvalue weighted by Gasteiger charge is -1.99. The summed E-state index contributed by atoms with van der Waals surface area (Å²) in [6.07, 6.45) is 3.36. The number of carbonyl (C=O) groups is 1. The Morgan fingerprint density at radius 3 is 3.04 bits per heavy atom. The second kappa shape index (κ2) is 7.53. The summed E-state index contributed by atoms with van der Waals surface area (Å²) in [6.45, 7) is 4.74. The van der Waals surface area contributed by atoms with Gasteiger partial charge in [0.05, 0.1) is 5.75 Å². The lowest BCUT2D eigenvalue weighted by molar-refractivity contribution is 0.0948. The molecule has 2 heterocycles. The molecule has 3 rings (SSSR count). The molecule has 1 amide bonds. The molecule has 1 aromatic carbocycles. The largest absolute Gasteiger partial charge is 0.447 e. The van der Waals surface area contributed by atoms with Gasteiger partial charge in [0, 0.05) is 6.54 Å². The maximum atomic E-state index is 11.9. The van der Waals surface area contributed by atoms with Gasteiger partial charge < -0.3 is 14.2 Å². The fourth-order valence-electron chi connectivity index (χ4n) is 2.15. The predicted octanol–water partition coefficient (Wildman–Crippen LogP) is 3.95. The third-order valence-corrected chi connectivity index (χ3v) is 4.26. The molecule has 6 nitrogen and oxygen atoms in total. The monoisotopic (exact) mass is 345 g/mol. The minimum absolute atomic E-state index is 0.208. The summed E-state index contributed by atoms with van der Waals surface area (Å²) in [5, 5.41) is 3.37. The molecular weight excluding hydrogens is 326 g/mol. The molecule has 0 bridgehead atoms. The fraction of sp³-hybridized carbons (Fsp3) is 0.353. The van der Waals surface area contributed by atoms with E-state index in [0.29, 0.717) is 29.1 Å². The van der Waals surface area contributed by atoms with Gasteiger partial charge in [0.15, 0.2) is 11.3 Å². The second-order valence-electron chi connectivity index (χ2n) is 5.48. The zero-order valence-electron chi connectivity index (χ0n) is 13.7. The number of rotatable bonds is 7. The summed E-state index contributed by atoms with van der Waals surface area (Å²) in [6, 6.07) is 5.87. The summed E-state index contributed by atoms with van der Waals surface area (Å²) in [7, 11) is 0. The first-order chi connectivity index (χ1) is 11.7. The first-order valence-corrected chi connectivity index (χ1v) is 8.87. The lowest BCUT2D eigenvalue weighted by Crippen LogP contribution is -2.24. The van der Waals surface area contributed by atoms with E-state index >= 15 is 0 Å². The maximum Gasteiger partial charge on any atom is 0.273 e. The number of nitrogens with one attached hydrogen (secondary N) is 1. The minimum Gasteiger partial charge on any atom is -0.447 e. The molecule has 126 valence electrons. The highest BCUT2D eigenvalue weighted by molar-refractivity contribution is 7.98. The van der Waals surface area contributed by atoms with Crippen molar-refractivity contribution in [2.24, 2.45) is 0 Å². The van der Waals surface area contributed by atoms with Gasteiger partial charge in [0.25, 0.3) is 11.1 Å². The van der Waals surface area contributed by atoms with E-state index in [2.05, 4.69) is 22.2 Å². The molecule has 7 heteroatoms. The van der Waals surface area contributed by atoms with Crippen molar-refractivity contribution >= 4 is 28.8 Å². The maximum absolute atomic E-state index is 11.9. The highest BCUT2D eigenvalue weighted by atomic mass is 32.2. The van der Waals surface area contributed by atoms with Gasteiger partial charge >= 0.3 is 0 Å². The van der Waals surface area contributed by atoms with Crippen molar-refractivity contribution in [1.29, 1.82) is 0 Å². The molecule has 1 N–H and O–H groups in total. The van der Waals surface area contributed by atoms with Crippen molar-refractivity contribution in [3.05, 3.63) is 41.6 Å². The van der Waals surface area contributed by atoms with Gasteiger partial charge in [0.2, 0.25) is 5.89 Å². The van der Waals surface area contributed by atoms with Crippen LogP contribution in [0.2, 0.25) is 0 Å². The van der Waals surface area contributed by atoms with Crippen molar-refractivity contribution < 1.29 is 13.6 Å². The first kappa shape index (κ1) is 16.6. The first-order valence-electron chi connectivity index (χ1n) is 7.88. The van der Waals surface area contributed by atoms with Gasteiger partial charge in [-0.15, -0.1) is 0 Å². The van der Waals surface area contributed by atoms with Crippen LogP contribution in [0.3, 0.4) is 0 Å². The van der Waals surface area contributed by atoms with E-state index in [0.717, 1.165) is 29.5 Å². The van der Waals surface area contributed by atoms with E-state index in [1.807, 2.05) is 25.1 Å². The van der Waals surface area contributed by atoms with Gasteiger partial charge in [-0.1, -0.05) is 31.2 Å². The smallest absolute Gasteiger partial charge is 0.273 e. The van der Waals surface area contributed by atoms with E-state index in [4.69, 9.17) is 8.83 Å². The normalized spacial score (nSPS) is 11.1. The van der Waals surface area contributed by atoms with Crippen LogP contribution in [0.4, 0.5) is 0 Å². The number of hydrogen-bond acceptors (Lipinski definition) is 6. The molecule has 24 heavy (non-hydrogen) atoms. The van der Waals surface area contributed by atoms with Crippen LogP contribution in [-0.2, 0) is 5.75 Å². The summed E-state index contributed by atoms with van der Waals surface area (Å²) >= 11 is 1.39. The molecule has 0 unspecified atom stereocenters. The summed E-state index contributed by atoms with van der Waals surface area (Å²) < 4.78 is 11.0. The van der Waals surface area contributed by atoms with Gasteiger partial charge in [0.1, 0.15) is 11.8 Å². The van der Waals surface area contributed by atoms with E-state index in [-0.39, 0.29) is 5.91 Å². The fourth-order valence-corrected chi connectivity index (χ4v) is 2.84. The third kappa shape index (κ3) is 3.97. The quantitative estimate of drug-likeness (QED) is 0.516. The van der Waals surface area contributed by atoms with Crippen molar-refractivity contribution in [3.63, 3.8) is 0 Å². The number of benzene rings is 1. The SMILES string of the molecule is CCCCNC(=O)c1coc(CSc2nc3cc(C)ccc3o2)n1. The predicted molar refractivity (Wildman–Crippen MR) is 92.1 cm³/mol. The number of thioether (sulfide) groups is 1. The summed E-state index contributed by atoms with van der Waals surface area (Å²) in [5.41, 5.74) is 3.03. The number of aromatic nitrogens is 2. The Morgan fingerprint density at radius 1 is 1.33 bits per heavy atom. The van der Waals surface area contributed by atoms with Crippen LogP contribution in [0.15, 0.2) is 38.5 Å². The van der Waals surface area contributed by atoms with Crippen molar-refractivity contribution in [3.8, 4) is 0 Å². The number of nitrogens with zero attached hydrogens (tertiary/aromatic N) is 2. The molecule has 2 aromatic heterocycles. The average Bonchev–Trinajstić information content (AvgIpc) is 3.19. The number of amides is 1. The van der Waals surface area contributed by atoms with E-state index in [1.54, 1.807) is 0 Å². The Morgan fingerprint density at radius 2 is 2.21 bits per heavy atom. The standard InChI is InChI=1S/C17H19N3O3S/c1-3-4-7-18-16(21)13-9-22-15(19-13)10-24-17-20-12-8-11(2)5-6-14(12)23-17/h5-6,8-9H,3-4,7,10H2,1-2H3,(H,18,21). The second-order valence-corrected chi connectivity index (χ2v) is 6.40. The molecule has 0 saturated heterocycles. The molecule has 0 atom stereocenters. The molecule has 0 saturated carbocycles. The van der Waals surface area contributed by atoms with Crippen molar-refractivity contribution in [1.82, 2.24) is 15.3 Å². The number of oxazole rings is 2. The highest BCUT2D eigenvalue weighted by Crippen LogP contribution is 2.26. The van der Waals surface area contributed by atoms with Gasteiger partial charge in [-0.25, -0.2) is 9.97 Å². The number of aryl methyl sites for hydroxylation is 1. The lowest BCUT2D eigenvalue weighted by atomic mass is 10.2. The molecule has 3 aromatic rings. The van der Waals surface area contributed by atoms with Crippen LogP contribution in [0.25, 0.3) is 11.1 Å². The zero-order valence-corrected chi connectivity index (χ0v) is 14.5. The molecule has 0 spiro atoms. The van der Waals surface area contributed by atoms with Crippen LogP contribution in [0.1, 0.15) is 41.7 Å². The molecule has 0 aliphatic heterocycles. The molecule has 0 aliphatic rings. The molecule has 0 aliphatic carbocycles. The number of hydrogen-bond donors (Lipinski definition) is 1. The Bertz CT molecular complexity index is 841. The van der Waals surface area contributed by atoms with E-state index in [9.17, 15) is 4.79 Å². The van der Waals surface area contributed by atoms with Crippen LogP contribution in [-0.4, -0.2) is 22.4 Å². The Hall–Kier alpha value is -2.28. The van der Waals surface area contributed by atoms with Crippen molar-refractivity contribution in [2.45, 2.75) is 37.7 Å². The number of carbonyl (C=O) groups excluding carboxylic acids is 1. The Kier molecular flexibility index (Phi) is 5.20. The molecule has 0 fully saturated rings. The summed E-state index contributed by atoms with van der Waals surface area (Å²) in [5.74, 6) is 0.716. The van der Waals surface area contributed by atoms with Crippen LogP contribution < -0.4 is 5.32 Å². The minimum atomic E-state index is -0.208. The molecule has 0 radical (unpaired) electrons. The average molecular weight is 345 g/mol. The van der Waals surface area contributed by atoms with E-state index < -0.39 is 0 Å². The highest BCUT2D eigenvalue weighted by Gasteiger charge is 2.13. The summed E-state index contributed by atoms with van der Waals surface area (Å²) in [4.78, 5) is 20.5. The zero-order chi connectivity index (χ0) is 16.9. The van der Waals surface area contributed by atoms with Gasteiger partial charge in [-0.3, -0.25) is 4.79 Å². The van der Waals surface area contributed by atoms with Gasteiger partial charge in [-0.05, 0) is 31.0 Å². The number of fused-ring (bicyclic) bond motifs is 1. The van der Waals surface area contributed by atoms with Crippen LogP contribution in [0, 0.1) is 6.92 Å². The van der Waals surface area contributed by atoms with Gasteiger partial charge in [-0.2, -0.15) is 0 Å². The number of unbranched alkanes of at least 4 members (excludes halogenated alkanes) is 1. The van der Waals surface area contributed by atoms with Crippen molar-refractivity contribution in [2.75, 3.05) is 6.54 Å². The van der Waals surface area contributed by atoms with Crippen LogP contribution >= 0.6 is 11.8 Å². The molecular formula is C17H19N3O3S. The van der Waals surface area contributed by atoms with Crippen LogP contribution in [0.5, 0.6) is 0 Å².